The lowest BCUT2D eigenvalue weighted by Gasteiger charge is -2.40. The molecule has 1 aliphatic carbocycles. The molecule has 1 fully saturated rings. The van der Waals surface area contributed by atoms with E-state index >= 15 is 0 Å². The van der Waals surface area contributed by atoms with Gasteiger partial charge in [0.1, 0.15) is 36.2 Å². The summed E-state index contributed by atoms with van der Waals surface area (Å²) in [5.74, 6) is 0.288. The van der Waals surface area contributed by atoms with E-state index in [1.165, 1.54) is 19.3 Å². The summed E-state index contributed by atoms with van der Waals surface area (Å²) in [6.07, 6.45) is 5.85. The van der Waals surface area contributed by atoms with Crippen LogP contribution in [0, 0.1) is 5.41 Å². The molecule has 3 aromatic rings. The zero-order valence-corrected chi connectivity index (χ0v) is 22.4. The molecule has 3 aromatic carbocycles. The van der Waals surface area contributed by atoms with Crippen molar-refractivity contribution in [3.05, 3.63) is 96.6 Å². The van der Waals surface area contributed by atoms with Gasteiger partial charge in [0.05, 0.1) is 17.7 Å². The third kappa shape index (κ3) is 7.72. The van der Waals surface area contributed by atoms with Crippen LogP contribution < -0.4 is 18.9 Å². The Morgan fingerprint density at radius 2 is 1.20 bits per heavy atom. The minimum atomic E-state index is -0.555. The second-order valence-electron chi connectivity index (χ2n) is 9.52. The predicted octanol–water partition coefficient (Wildman–Crippen LogP) is 6.19. The van der Waals surface area contributed by atoms with Gasteiger partial charge in [-0.15, -0.1) is 0 Å². The van der Waals surface area contributed by atoms with Crippen LogP contribution in [0.15, 0.2) is 85.5 Å². The van der Waals surface area contributed by atoms with E-state index in [9.17, 15) is 14.4 Å². The predicted molar refractivity (Wildman–Crippen MR) is 148 cm³/mol. The fourth-order valence-corrected chi connectivity index (χ4v) is 4.16. The standard InChI is InChI=1S/C32H32O8/c1-3-29(33)37-21-20-36-25-10-6-23(7-11-25)30(34)39-27-14-16-28(17-15-27)40-31(35)24-8-12-26(13-9-24)38-22-32(4-2)18-5-19-32/h3,6-17H,1,4-5,18-22H2,2H3. The number of carbonyl (C=O) groups excluding carboxylic acids is 3. The van der Waals surface area contributed by atoms with Crippen LogP contribution in [-0.2, 0) is 9.53 Å². The second kappa shape index (κ2) is 13.5. The molecule has 0 saturated heterocycles. The van der Waals surface area contributed by atoms with Crippen molar-refractivity contribution in [2.75, 3.05) is 19.8 Å². The Bertz CT molecular complexity index is 1300. The van der Waals surface area contributed by atoms with Crippen molar-refractivity contribution in [3.8, 4) is 23.0 Å². The number of rotatable bonds is 13. The van der Waals surface area contributed by atoms with E-state index in [-0.39, 0.29) is 13.2 Å². The molecule has 8 heteroatoms. The Morgan fingerprint density at radius 1 is 0.725 bits per heavy atom. The Kier molecular flexibility index (Phi) is 9.57. The maximum atomic E-state index is 12.6. The van der Waals surface area contributed by atoms with Gasteiger partial charge in [-0.05, 0) is 92.1 Å². The molecular weight excluding hydrogens is 512 g/mol. The van der Waals surface area contributed by atoms with Crippen molar-refractivity contribution in [3.63, 3.8) is 0 Å². The van der Waals surface area contributed by atoms with Gasteiger partial charge in [-0.1, -0.05) is 19.9 Å². The second-order valence-corrected chi connectivity index (χ2v) is 9.52. The Labute approximate surface area is 233 Å². The third-order valence-electron chi connectivity index (χ3n) is 6.90. The number of esters is 3. The molecule has 0 unspecified atom stereocenters. The maximum absolute atomic E-state index is 12.6. The van der Waals surface area contributed by atoms with E-state index in [0.717, 1.165) is 18.2 Å². The minimum absolute atomic E-state index is 0.0842. The molecule has 40 heavy (non-hydrogen) atoms. The van der Waals surface area contributed by atoms with Gasteiger partial charge in [0.15, 0.2) is 0 Å². The summed E-state index contributed by atoms with van der Waals surface area (Å²) < 4.78 is 27.1. The van der Waals surface area contributed by atoms with Gasteiger partial charge in [0.2, 0.25) is 0 Å². The van der Waals surface area contributed by atoms with Crippen molar-refractivity contribution < 1.29 is 38.1 Å². The lowest BCUT2D eigenvalue weighted by molar-refractivity contribution is -0.138. The largest absolute Gasteiger partial charge is 0.493 e. The van der Waals surface area contributed by atoms with Crippen molar-refractivity contribution >= 4 is 17.9 Å². The Morgan fingerprint density at radius 3 is 1.62 bits per heavy atom. The molecule has 1 aliphatic rings. The number of ether oxygens (including phenoxy) is 5. The smallest absolute Gasteiger partial charge is 0.343 e. The van der Waals surface area contributed by atoms with E-state index in [4.69, 9.17) is 23.7 Å². The van der Waals surface area contributed by atoms with Gasteiger partial charge in [-0.25, -0.2) is 14.4 Å². The first-order valence-corrected chi connectivity index (χ1v) is 13.2. The van der Waals surface area contributed by atoms with E-state index < -0.39 is 17.9 Å². The SMILES string of the molecule is C=CC(=O)OCCOc1ccc(C(=O)Oc2ccc(OC(=O)c3ccc(OCC4(CC)CCC4)cc3)cc2)cc1. The van der Waals surface area contributed by atoms with Crippen LogP contribution >= 0.6 is 0 Å². The van der Waals surface area contributed by atoms with Crippen LogP contribution in [0.4, 0.5) is 0 Å². The lowest BCUT2D eigenvalue weighted by atomic mass is 9.68. The van der Waals surface area contributed by atoms with Gasteiger partial charge in [0, 0.05) is 11.5 Å². The fourth-order valence-electron chi connectivity index (χ4n) is 4.16. The summed E-state index contributed by atoms with van der Waals surface area (Å²) in [5.41, 5.74) is 1.02. The maximum Gasteiger partial charge on any atom is 0.343 e. The summed E-state index contributed by atoms with van der Waals surface area (Å²) >= 11 is 0. The lowest BCUT2D eigenvalue weighted by Crippen LogP contribution is -2.34. The molecule has 0 aromatic heterocycles. The zero-order valence-electron chi connectivity index (χ0n) is 22.4. The molecule has 0 heterocycles. The highest BCUT2D eigenvalue weighted by Gasteiger charge is 2.35. The molecule has 0 amide bonds. The van der Waals surface area contributed by atoms with E-state index in [1.807, 2.05) is 0 Å². The molecule has 4 rings (SSSR count). The van der Waals surface area contributed by atoms with E-state index in [2.05, 4.69) is 13.5 Å². The Hall–Kier alpha value is -4.59. The first-order valence-electron chi connectivity index (χ1n) is 13.2. The van der Waals surface area contributed by atoms with Crippen LogP contribution in [0.1, 0.15) is 53.3 Å². The third-order valence-corrected chi connectivity index (χ3v) is 6.90. The molecule has 0 radical (unpaired) electrons. The number of benzene rings is 3. The molecule has 1 saturated carbocycles. The minimum Gasteiger partial charge on any atom is -0.493 e. The number of carbonyl (C=O) groups is 3. The van der Waals surface area contributed by atoms with Crippen molar-refractivity contribution in [2.24, 2.45) is 5.41 Å². The number of hydrogen-bond donors (Lipinski definition) is 0. The molecule has 0 aliphatic heterocycles. The van der Waals surface area contributed by atoms with Crippen molar-refractivity contribution in [2.45, 2.75) is 32.6 Å². The summed E-state index contributed by atoms with van der Waals surface area (Å²) in [6, 6.07) is 19.5. The van der Waals surface area contributed by atoms with Crippen molar-refractivity contribution in [1.29, 1.82) is 0 Å². The Balaban J connectivity index is 1.22. The van der Waals surface area contributed by atoms with Gasteiger partial charge < -0.3 is 23.7 Å². The van der Waals surface area contributed by atoms with Crippen LogP contribution in [0.25, 0.3) is 0 Å². The first kappa shape index (κ1) is 28.4. The molecule has 0 N–H and O–H groups in total. The number of hydrogen-bond acceptors (Lipinski definition) is 8. The van der Waals surface area contributed by atoms with Crippen LogP contribution in [0.5, 0.6) is 23.0 Å². The topological polar surface area (TPSA) is 97.4 Å². The van der Waals surface area contributed by atoms with Crippen LogP contribution in [0.3, 0.4) is 0 Å². The molecule has 0 atom stereocenters. The average molecular weight is 545 g/mol. The normalized spacial score (nSPS) is 13.3. The highest BCUT2D eigenvalue weighted by Crippen LogP contribution is 2.44. The van der Waals surface area contributed by atoms with Crippen LogP contribution in [0.2, 0.25) is 0 Å². The molecule has 8 nitrogen and oxygen atoms in total. The zero-order chi connectivity index (χ0) is 28.4. The van der Waals surface area contributed by atoms with E-state index in [0.29, 0.717) is 40.4 Å². The first-order chi connectivity index (χ1) is 19.4. The summed E-state index contributed by atoms with van der Waals surface area (Å²) in [7, 11) is 0. The fraction of sp³-hybridized carbons (Fsp3) is 0.281. The van der Waals surface area contributed by atoms with Gasteiger partial charge in [0.25, 0.3) is 0 Å². The van der Waals surface area contributed by atoms with Crippen molar-refractivity contribution in [1.82, 2.24) is 0 Å². The monoisotopic (exact) mass is 544 g/mol. The van der Waals surface area contributed by atoms with Gasteiger partial charge in [-0.2, -0.15) is 0 Å². The van der Waals surface area contributed by atoms with E-state index in [1.54, 1.807) is 72.8 Å². The van der Waals surface area contributed by atoms with Gasteiger partial charge >= 0.3 is 17.9 Å². The molecule has 0 bridgehead atoms. The molecule has 208 valence electrons. The average Bonchev–Trinajstić information content (AvgIpc) is 2.96. The van der Waals surface area contributed by atoms with Gasteiger partial charge in [-0.3, -0.25) is 0 Å². The van der Waals surface area contributed by atoms with Crippen LogP contribution in [-0.4, -0.2) is 37.7 Å². The molecule has 0 spiro atoms. The quantitative estimate of drug-likeness (QED) is 0.109. The summed E-state index contributed by atoms with van der Waals surface area (Å²) in [6.45, 7) is 6.46. The molecular formula is C32H32O8. The highest BCUT2D eigenvalue weighted by molar-refractivity contribution is 5.92. The highest BCUT2D eigenvalue weighted by atomic mass is 16.6. The summed E-state index contributed by atoms with van der Waals surface area (Å²) in [5, 5.41) is 0. The summed E-state index contributed by atoms with van der Waals surface area (Å²) in [4.78, 5) is 36.1.